The van der Waals surface area contributed by atoms with Gasteiger partial charge in [-0.1, -0.05) is 29.3 Å². The van der Waals surface area contributed by atoms with Crippen molar-refractivity contribution in [1.29, 1.82) is 0 Å². The summed E-state index contributed by atoms with van der Waals surface area (Å²) in [7, 11) is 1.59. The second-order valence-corrected chi connectivity index (χ2v) is 4.43. The number of benzene rings is 1. The van der Waals surface area contributed by atoms with Crippen molar-refractivity contribution in [3.8, 4) is 11.4 Å². The zero-order chi connectivity index (χ0) is 13.3. The van der Waals surface area contributed by atoms with Gasteiger partial charge in [-0.3, -0.25) is 0 Å². The first-order valence-electron chi connectivity index (χ1n) is 5.21. The second-order valence-electron chi connectivity index (χ2n) is 3.65. The number of nitrogens with one attached hydrogen (secondary N) is 1. The highest BCUT2D eigenvalue weighted by Crippen LogP contribution is 2.32. The summed E-state index contributed by atoms with van der Waals surface area (Å²) in [6, 6.07) is 5.15. The van der Waals surface area contributed by atoms with E-state index in [2.05, 4.69) is 15.3 Å². The summed E-state index contributed by atoms with van der Waals surface area (Å²) < 4.78 is 13.6. The molecule has 1 aromatic carbocycles. The zero-order valence-electron chi connectivity index (χ0n) is 9.76. The number of halogens is 3. The summed E-state index contributed by atoms with van der Waals surface area (Å²) in [4.78, 5) is 8.17. The summed E-state index contributed by atoms with van der Waals surface area (Å²) in [5.41, 5.74) is 0.823. The number of rotatable bonds is 2. The van der Waals surface area contributed by atoms with Gasteiger partial charge in [0, 0.05) is 12.6 Å². The van der Waals surface area contributed by atoms with Crippen LogP contribution < -0.4 is 5.32 Å². The Balaban J connectivity index is 2.64. The molecular weight excluding hydrogens is 276 g/mol. The summed E-state index contributed by atoms with van der Waals surface area (Å²) in [5, 5.41) is 3.44. The van der Waals surface area contributed by atoms with E-state index in [0.717, 1.165) is 0 Å². The van der Waals surface area contributed by atoms with Crippen LogP contribution in [0.2, 0.25) is 10.0 Å². The third kappa shape index (κ3) is 2.26. The van der Waals surface area contributed by atoms with Gasteiger partial charge in [-0.05, 0) is 19.1 Å². The van der Waals surface area contributed by atoms with Gasteiger partial charge in [-0.25, -0.2) is 14.4 Å². The molecule has 0 aliphatic carbocycles. The first-order chi connectivity index (χ1) is 8.54. The lowest BCUT2D eigenvalue weighted by Gasteiger charge is -2.09. The molecule has 0 amide bonds. The topological polar surface area (TPSA) is 37.8 Å². The van der Waals surface area contributed by atoms with E-state index >= 15 is 0 Å². The number of nitrogens with zero attached hydrogens (tertiary/aromatic N) is 2. The van der Waals surface area contributed by atoms with Crippen LogP contribution in [-0.4, -0.2) is 17.0 Å². The Hall–Kier alpha value is -1.39. The van der Waals surface area contributed by atoms with Crippen molar-refractivity contribution in [2.24, 2.45) is 0 Å². The van der Waals surface area contributed by atoms with Crippen LogP contribution in [-0.2, 0) is 0 Å². The van der Waals surface area contributed by atoms with Crippen LogP contribution in [0.15, 0.2) is 18.2 Å². The monoisotopic (exact) mass is 285 g/mol. The average Bonchev–Trinajstić information content (AvgIpc) is 2.36. The Labute approximate surface area is 114 Å². The Morgan fingerprint density at radius 2 is 1.94 bits per heavy atom. The van der Waals surface area contributed by atoms with E-state index in [1.54, 1.807) is 32.2 Å². The van der Waals surface area contributed by atoms with Crippen molar-refractivity contribution >= 4 is 29.0 Å². The molecule has 1 aromatic heterocycles. The molecule has 3 nitrogen and oxygen atoms in total. The molecule has 0 saturated carbocycles. The molecular formula is C12H10Cl2FN3. The van der Waals surface area contributed by atoms with E-state index in [9.17, 15) is 4.39 Å². The molecule has 94 valence electrons. The number of anilines is 1. The largest absolute Gasteiger partial charge is 0.371 e. The van der Waals surface area contributed by atoms with Gasteiger partial charge in [0.05, 0.1) is 15.7 Å². The molecule has 0 unspecified atom stereocenters. The van der Waals surface area contributed by atoms with Gasteiger partial charge in [0.2, 0.25) is 0 Å². The maximum Gasteiger partial charge on any atom is 0.186 e. The minimum absolute atomic E-state index is 0.133. The fourth-order valence-corrected chi connectivity index (χ4v) is 1.91. The standard InChI is InChI=1S/C12H10Cl2FN3/c1-6-10(15)12(16-2)18-11(17-6)7-4-3-5-8(13)9(7)14/h3-5H,1-2H3,(H,16,17,18). The quantitative estimate of drug-likeness (QED) is 0.908. The summed E-state index contributed by atoms with van der Waals surface area (Å²) in [6.07, 6.45) is 0. The highest BCUT2D eigenvalue weighted by atomic mass is 35.5. The van der Waals surface area contributed by atoms with E-state index in [-0.39, 0.29) is 11.5 Å². The predicted molar refractivity (Wildman–Crippen MR) is 71.7 cm³/mol. The summed E-state index contributed by atoms with van der Waals surface area (Å²) in [6.45, 7) is 1.57. The van der Waals surface area contributed by atoms with E-state index in [1.165, 1.54) is 0 Å². The highest BCUT2D eigenvalue weighted by Gasteiger charge is 2.14. The van der Waals surface area contributed by atoms with Gasteiger partial charge in [0.25, 0.3) is 0 Å². The molecule has 0 bridgehead atoms. The smallest absolute Gasteiger partial charge is 0.186 e. The van der Waals surface area contributed by atoms with Crippen LogP contribution in [0.1, 0.15) is 5.69 Å². The lowest BCUT2D eigenvalue weighted by Crippen LogP contribution is -2.03. The van der Waals surface area contributed by atoms with Crippen molar-refractivity contribution in [1.82, 2.24) is 9.97 Å². The second kappa shape index (κ2) is 5.08. The summed E-state index contributed by atoms with van der Waals surface area (Å²) in [5.74, 6) is -0.00121. The molecule has 2 rings (SSSR count). The van der Waals surface area contributed by atoms with E-state index in [0.29, 0.717) is 21.4 Å². The van der Waals surface area contributed by atoms with Crippen LogP contribution in [0.3, 0.4) is 0 Å². The maximum absolute atomic E-state index is 13.6. The molecule has 18 heavy (non-hydrogen) atoms. The minimum Gasteiger partial charge on any atom is -0.371 e. The van der Waals surface area contributed by atoms with Gasteiger partial charge < -0.3 is 5.32 Å². The molecule has 0 atom stereocenters. The fraction of sp³-hybridized carbons (Fsp3) is 0.167. The Kier molecular flexibility index (Phi) is 3.68. The molecule has 1 N–H and O–H groups in total. The van der Waals surface area contributed by atoms with Crippen molar-refractivity contribution in [3.63, 3.8) is 0 Å². The van der Waals surface area contributed by atoms with E-state index in [4.69, 9.17) is 23.2 Å². The Morgan fingerprint density at radius 3 is 2.61 bits per heavy atom. The predicted octanol–water partition coefficient (Wildman–Crippen LogP) is 3.94. The van der Waals surface area contributed by atoms with Gasteiger partial charge in [0.15, 0.2) is 17.5 Å². The highest BCUT2D eigenvalue weighted by molar-refractivity contribution is 6.43. The molecule has 0 aliphatic rings. The van der Waals surface area contributed by atoms with Crippen molar-refractivity contribution in [2.75, 3.05) is 12.4 Å². The summed E-state index contributed by atoms with van der Waals surface area (Å²) >= 11 is 12.0. The van der Waals surface area contributed by atoms with Gasteiger partial charge in [-0.15, -0.1) is 0 Å². The molecule has 6 heteroatoms. The molecule has 0 fully saturated rings. The molecule has 1 heterocycles. The third-order valence-corrected chi connectivity index (χ3v) is 3.27. The van der Waals surface area contributed by atoms with Gasteiger partial charge in [0.1, 0.15) is 0 Å². The normalized spacial score (nSPS) is 10.5. The zero-order valence-corrected chi connectivity index (χ0v) is 11.3. The van der Waals surface area contributed by atoms with E-state index in [1.807, 2.05) is 0 Å². The molecule has 0 aliphatic heterocycles. The molecule has 0 saturated heterocycles. The number of hydrogen-bond acceptors (Lipinski definition) is 3. The Morgan fingerprint density at radius 1 is 1.22 bits per heavy atom. The third-order valence-electron chi connectivity index (χ3n) is 2.45. The van der Waals surface area contributed by atoms with E-state index < -0.39 is 5.82 Å². The minimum atomic E-state index is -0.473. The SMILES string of the molecule is CNc1nc(-c2cccc(Cl)c2Cl)nc(C)c1F. The number of aryl methyl sites for hydroxylation is 1. The number of hydrogen-bond donors (Lipinski definition) is 1. The van der Waals surface area contributed by atoms with Crippen LogP contribution in [0.5, 0.6) is 0 Å². The molecule has 0 radical (unpaired) electrons. The molecule has 0 spiro atoms. The fourth-order valence-electron chi connectivity index (χ4n) is 1.52. The van der Waals surface area contributed by atoms with Crippen molar-refractivity contribution in [3.05, 3.63) is 39.8 Å². The van der Waals surface area contributed by atoms with Crippen molar-refractivity contribution < 1.29 is 4.39 Å². The Bertz CT molecular complexity index is 602. The maximum atomic E-state index is 13.6. The lowest BCUT2D eigenvalue weighted by atomic mass is 10.2. The average molecular weight is 286 g/mol. The number of aromatic nitrogens is 2. The van der Waals surface area contributed by atoms with Crippen LogP contribution in [0.25, 0.3) is 11.4 Å². The van der Waals surface area contributed by atoms with Gasteiger partial charge in [-0.2, -0.15) is 0 Å². The van der Waals surface area contributed by atoms with Crippen molar-refractivity contribution in [2.45, 2.75) is 6.92 Å². The van der Waals surface area contributed by atoms with Crippen LogP contribution in [0, 0.1) is 12.7 Å². The molecule has 2 aromatic rings. The van der Waals surface area contributed by atoms with Crippen LogP contribution in [0.4, 0.5) is 10.2 Å². The van der Waals surface area contributed by atoms with Gasteiger partial charge >= 0.3 is 0 Å². The first kappa shape index (κ1) is 13.1. The lowest BCUT2D eigenvalue weighted by molar-refractivity contribution is 0.607. The first-order valence-corrected chi connectivity index (χ1v) is 5.96. The van der Waals surface area contributed by atoms with Crippen LogP contribution >= 0.6 is 23.2 Å².